The lowest BCUT2D eigenvalue weighted by atomic mass is 9.99. The van der Waals surface area contributed by atoms with Crippen molar-refractivity contribution in [2.45, 2.75) is 45.6 Å². The van der Waals surface area contributed by atoms with Gasteiger partial charge in [0.2, 0.25) is 0 Å². The van der Waals surface area contributed by atoms with Crippen LogP contribution in [0.25, 0.3) is 10.2 Å². The van der Waals surface area contributed by atoms with Crippen LogP contribution in [0.5, 0.6) is 0 Å². The van der Waals surface area contributed by atoms with Gasteiger partial charge in [0.05, 0.1) is 10.2 Å². The molecule has 27 heavy (non-hydrogen) atoms. The molecule has 1 amide bonds. The van der Waals surface area contributed by atoms with Gasteiger partial charge in [-0.15, -0.1) is 11.3 Å². The zero-order valence-corrected chi connectivity index (χ0v) is 16.8. The van der Waals surface area contributed by atoms with Crippen molar-refractivity contribution in [1.82, 2.24) is 4.98 Å². The minimum atomic E-state index is -0.884. The molecule has 3 aromatic rings. The van der Waals surface area contributed by atoms with E-state index in [2.05, 4.69) is 10.3 Å². The topological polar surface area (TPSA) is 68.3 Å². The minimum absolute atomic E-state index is 0.375. The van der Waals surface area contributed by atoms with Crippen LogP contribution in [0.4, 0.5) is 5.13 Å². The van der Waals surface area contributed by atoms with Crippen molar-refractivity contribution >= 4 is 49.9 Å². The lowest BCUT2D eigenvalue weighted by Crippen LogP contribution is -2.29. The molecule has 1 unspecified atom stereocenters. The summed E-state index contributed by atoms with van der Waals surface area (Å²) < 4.78 is 6.39. The van der Waals surface area contributed by atoms with Crippen molar-refractivity contribution in [3.8, 4) is 0 Å². The van der Waals surface area contributed by atoms with Gasteiger partial charge in [-0.2, -0.15) is 0 Å². The Hall–Kier alpha value is -2.25. The molecule has 7 heteroatoms. The highest BCUT2D eigenvalue weighted by Gasteiger charge is 2.23. The fourth-order valence-electron chi connectivity index (χ4n) is 3.16. The Bertz CT molecular complexity index is 998. The lowest BCUT2D eigenvalue weighted by molar-refractivity contribution is -0.123. The van der Waals surface area contributed by atoms with E-state index in [0.29, 0.717) is 10.0 Å². The number of benzene rings is 1. The van der Waals surface area contributed by atoms with Crippen LogP contribution in [0.2, 0.25) is 0 Å². The largest absolute Gasteiger partial charge is 0.448 e. The molecule has 5 nitrogen and oxygen atoms in total. The van der Waals surface area contributed by atoms with E-state index in [1.807, 2.05) is 31.2 Å². The number of hydrogen-bond donors (Lipinski definition) is 1. The molecule has 0 spiro atoms. The summed E-state index contributed by atoms with van der Waals surface area (Å²) in [4.78, 5) is 31.1. The number of aryl methyl sites for hydroxylation is 3. The molecule has 4 rings (SSSR count). The predicted octanol–water partition coefficient (Wildman–Crippen LogP) is 4.73. The summed E-state index contributed by atoms with van der Waals surface area (Å²) in [6.45, 7) is 3.60. The average Bonchev–Trinajstić information content (AvgIpc) is 3.24. The summed E-state index contributed by atoms with van der Waals surface area (Å²) in [5.74, 6) is -0.808. The summed E-state index contributed by atoms with van der Waals surface area (Å²) in [6.07, 6.45) is 3.50. The second kappa shape index (κ2) is 7.40. The van der Waals surface area contributed by atoms with Gasteiger partial charge in [0.1, 0.15) is 4.88 Å². The molecule has 0 saturated heterocycles. The number of nitrogens with zero attached hydrogens (tertiary/aromatic N) is 1. The van der Waals surface area contributed by atoms with Crippen molar-refractivity contribution in [2.24, 2.45) is 0 Å². The molecule has 0 fully saturated rings. The zero-order chi connectivity index (χ0) is 19.0. The minimum Gasteiger partial charge on any atom is -0.448 e. The Morgan fingerprint density at radius 1 is 1.19 bits per heavy atom. The second-order valence-electron chi connectivity index (χ2n) is 6.79. The quantitative estimate of drug-likeness (QED) is 0.643. The fraction of sp³-hybridized carbons (Fsp3) is 0.350. The maximum Gasteiger partial charge on any atom is 0.349 e. The van der Waals surface area contributed by atoms with Crippen molar-refractivity contribution in [3.05, 3.63) is 45.1 Å². The Morgan fingerprint density at radius 2 is 2.00 bits per heavy atom. The van der Waals surface area contributed by atoms with Gasteiger partial charge in [-0.3, -0.25) is 10.1 Å². The number of amides is 1. The molecule has 0 bridgehead atoms. The van der Waals surface area contributed by atoms with Crippen LogP contribution in [-0.4, -0.2) is 23.0 Å². The maximum absolute atomic E-state index is 12.4. The number of rotatable bonds is 4. The number of hydrogen-bond acceptors (Lipinski definition) is 6. The van der Waals surface area contributed by atoms with E-state index in [-0.39, 0.29) is 5.91 Å². The Labute approximate surface area is 165 Å². The fourth-order valence-corrected chi connectivity index (χ4v) is 5.26. The summed E-state index contributed by atoms with van der Waals surface area (Å²) in [7, 11) is 0. The molecular formula is C20H20N2O3S2. The number of thiazole rings is 1. The third-order valence-corrected chi connectivity index (χ3v) is 6.78. The first-order valence-corrected chi connectivity index (χ1v) is 10.6. The smallest absolute Gasteiger partial charge is 0.349 e. The molecule has 1 aliphatic carbocycles. The number of nitrogens with one attached hydrogen (secondary N) is 1. The van der Waals surface area contributed by atoms with Gasteiger partial charge >= 0.3 is 5.97 Å². The molecule has 1 atom stereocenters. The molecule has 1 aromatic carbocycles. The Balaban J connectivity index is 1.40. The number of anilines is 1. The van der Waals surface area contributed by atoms with Gasteiger partial charge in [0.25, 0.3) is 5.91 Å². The Kier molecular flexibility index (Phi) is 4.97. The first-order chi connectivity index (χ1) is 13.0. The van der Waals surface area contributed by atoms with Crippen molar-refractivity contribution in [3.63, 3.8) is 0 Å². The predicted molar refractivity (Wildman–Crippen MR) is 109 cm³/mol. The summed E-state index contributed by atoms with van der Waals surface area (Å²) in [5, 5.41) is 3.26. The second-order valence-corrected chi connectivity index (χ2v) is 8.96. The van der Waals surface area contributed by atoms with Crippen molar-refractivity contribution in [1.29, 1.82) is 0 Å². The molecule has 140 valence electrons. The van der Waals surface area contributed by atoms with Crippen molar-refractivity contribution < 1.29 is 14.3 Å². The van der Waals surface area contributed by atoms with E-state index >= 15 is 0 Å². The van der Waals surface area contributed by atoms with E-state index in [9.17, 15) is 9.59 Å². The highest BCUT2D eigenvalue weighted by Crippen LogP contribution is 2.30. The van der Waals surface area contributed by atoms with Gasteiger partial charge < -0.3 is 4.74 Å². The van der Waals surface area contributed by atoms with E-state index in [1.165, 1.54) is 46.0 Å². The summed E-state index contributed by atoms with van der Waals surface area (Å²) in [5.41, 5.74) is 3.24. The Morgan fingerprint density at radius 3 is 2.81 bits per heavy atom. The van der Waals surface area contributed by atoms with Gasteiger partial charge in [-0.1, -0.05) is 17.4 Å². The van der Waals surface area contributed by atoms with E-state index < -0.39 is 12.1 Å². The van der Waals surface area contributed by atoms with Gasteiger partial charge in [0.15, 0.2) is 11.2 Å². The molecule has 1 aliphatic rings. The van der Waals surface area contributed by atoms with E-state index in [4.69, 9.17) is 4.74 Å². The van der Waals surface area contributed by atoms with Crippen LogP contribution < -0.4 is 5.32 Å². The SMILES string of the molecule is Cc1ccc2nc(NC(=O)C(C)OC(=O)c3cc4c(s3)CCCC4)sc2c1. The normalized spacial score (nSPS) is 14.6. The third-order valence-electron chi connectivity index (χ3n) is 4.62. The van der Waals surface area contributed by atoms with Gasteiger partial charge in [0, 0.05) is 4.88 Å². The van der Waals surface area contributed by atoms with Crippen molar-refractivity contribution in [2.75, 3.05) is 5.32 Å². The monoisotopic (exact) mass is 400 g/mol. The van der Waals surface area contributed by atoms with Crippen LogP contribution in [-0.2, 0) is 22.4 Å². The van der Waals surface area contributed by atoms with Crippen LogP contribution >= 0.6 is 22.7 Å². The summed E-state index contributed by atoms with van der Waals surface area (Å²) >= 11 is 2.90. The van der Waals surface area contributed by atoms with E-state index in [0.717, 1.165) is 28.6 Å². The number of ether oxygens (including phenoxy) is 1. The number of carbonyl (C=O) groups excluding carboxylic acids is 2. The van der Waals surface area contributed by atoms with Crippen LogP contribution in [0.3, 0.4) is 0 Å². The molecule has 0 radical (unpaired) electrons. The molecule has 0 saturated carbocycles. The zero-order valence-electron chi connectivity index (χ0n) is 15.2. The number of thiophene rings is 1. The molecular weight excluding hydrogens is 380 g/mol. The number of esters is 1. The van der Waals surface area contributed by atoms with Crippen LogP contribution in [0.15, 0.2) is 24.3 Å². The first-order valence-electron chi connectivity index (χ1n) is 9.00. The van der Waals surface area contributed by atoms with E-state index in [1.54, 1.807) is 6.92 Å². The third kappa shape index (κ3) is 3.89. The number of carbonyl (C=O) groups is 2. The average molecular weight is 401 g/mol. The maximum atomic E-state index is 12.4. The van der Waals surface area contributed by atoms with Crippen LogP contribution in [0, 0.1) is 6.92 Å². The molecule has 2 aromatic heterocycles. The highest BCUT2D eigenvalue weighted by molar-refractivity contribution is 7.22. The molecule has 2 heterocycles. The van der Waals surface area contributed by atoms with Gasteiger partial charge in [-0.25, -0.2) is 9.78 Å². The standard InChI is InChI=1S/C20H20N2O3S2/c1-11-7-8-14-16(9-11)27-20(21-14)22-18(23)12(2)25-19(24)17-10-13-5-3-4-6-15(13)26-17/h7-10,12H,3-6H2,1-2H3,(H,21,22,23). The number of fused-ring (bicyclic) bond motifs is 2. The lowest BCUT2D eigenvalue weighted by Gasteiger charge is -2.11. The molecule has 0 aliphatic heterocycles. The summed E-state index contributed by atoms with van der Waals surface area (Å²) in [6, 6.07) is 7.87. The van der Waals surface area contributed by atoms with Gasteiger partial charge in [-0.05, 0) is 68.9 Å². The number of aromatic nitrogens is 1. The molecule has 1 N–H and O–H groups in total. The highest BCUT2D eigenvalue weighted by atomic mass is 32.1. The van der Waals surface area contributed by atoms with Crippen LogP contribution in [0.1, 0.15) is 45.4 Å². The first kappa shape index (κ1) is 18.1.